The van der Waals surface area contributed by atoms with Crippen LogP contribution in [0.3, 0.4) is 0 Å². The van der Waals surface area contributed by atoms with Crippen molar-refractivity contribution in [2.24, 2.45) is 5.92 Å². The van der Waals surface area contributed by atoms with E-state index in [4.69, 9.17) is 4.74 Å². The average Bonchev–Trinajstić information content (AvgIpc) is 3.04. The average molecular weight is 358 g/mol. The number of nitrogens with one attached hydrogen (secondary N) is 1. The Hall–Kier alpha value is -1.90. The van der Waals surface area contributed by atoms with Crippen LogP contribution in [0.15, 0.2) is 6.07 Å². The van der Waals surface area contributed by atoms with E-state index in [0.717, 1.165) is 18.9 Å². The molecule has 25 heavy (non-hydrogen) atoms. The summed E-state index contributed by atoms with van der Waals surface area (Å²) in [6.07, 6.45) is -2.33. The van der Waals surface area contributed by atoms with Gasteiger partial charge in [-0.05, 0) is 26.2 Å². The van der Waals surface area contributed by atoms with Crippen molar-refractivity contribution < 1.29 is 22.7 Å². The number of nitrogens with zero attached hydrogens (tertiary/aromatic N) is 3. The zero-order valence-corrected chi connectivity index (χ0v) is 14.0. The third-order valence-corrected chi connectivity index (χ3v) is 4.57. The Balaban J connectivity index is 1.64. The van der Waals surface area contributed by atoms with E-state index in [1.807, 2.05) is 0 Å². The van der Waals surface area contributed by atoms with Crippen LogP contribution in [0.1, 0.15) is 30.8 Å². The van der Waals surface area contributed by atoms with Gasteiger partial charge < -0.3 is 15.0 Å². The number of hydrogen-bond acceptors (Lipinski definition) is 5. The molecule has 0 aromatic carbocycles. The van der Waals surface area contributed by atoms with Crippen molar-refractivity contribution in [3.63, 3.8) is 0 Å². The van der Waals surface area contributed by atoms with Crippen molar-refractivity contribution in [2.75, 3.05) is 31.2 Å². The molecule has 1 aromatic heterocycles. The highest BCUT2D eigenvalue weighted by atomic mass is 19.4. The summed E-state index contributed by atoms with van der Waals surface area (Å²) in [5.41, 5.74) is -0.954. The van der Waals surface area contributed by atoms with Gasteiger partial charge in [0.05, 0.1) is 5.92 Å². The third-order valence-electron chi connectivity index (χ3n) is 4.57. The van der Waals surface area contributed by atoms with E-state index < -0.39 is 11.9 Å². The highest BCUT2D eigenvalue weighted by molar-refractivity contribution is 5.80. The van der Waals surface area contributed by atoms with Crippen LogP contribution < -0.4 is 10.2 Å². The lowest BCUT2D eigenvalue weighted by atomic mass is 10.1. The van der Waals surface area contributed by atoms with Crippen LogP contribution in [0.4, 0.5) is 19.0 Å². The minimum atomic E-state index is -4.51. The molecule has 138 valence electrons. The Kier molecular flexibility index (Phi) is 5.12. The molecule has 9 heteroatoms. The van der Waals surface area contributed by atoms with Crippen molar-refractivity contribution in [2.45, 2.75) is 38.4 Å². The second kappa shape index (κ2) is 7.15. The first-order chi connectivity index (χ1) is 11.8. The first-order valence-electron chi connectivity index (χ1n) is 8.39. The number of amides is 1. The monoisotopic (exact) mass is 358 g/mol. The van der Waals surface area contributed by atoms with E-state index in [9.17, 15) is 18.0 Å². The van der Waals surface area contributed by atoms with Gasteiger partial charge in [-0.25, -0.2) is 9.97 Å². The molecule has 1 unspecified atom stereocenters. The molecule has 2 fully saturated rings. The maximum absolute atomic E-state index is 12.9. The molecule has 2 saturated heterocycles. The first-order valence-corrected chi connectivity index (χ1v) is 8.39. The van der Waals surface area contributed by atoms with E-state index in [1.165, 1.54) is 6.92 Å². The lowest BCUT2D eigenvalue weighted by molar-refractivity contribution is -0.141. The molecule has 1 amide bonds. The van der Waals surface area contributed by atoms with Gasteiger partial charge in [0, 0.05) is 38.4 Å². The van der Waals surface area contributed by atoms with Crippen LogP contribution in [0.5, 0.6) is 0 Å². The van der Waals surface area contributed by atoms with Crippen LogP contribution in [0.25, 0.3) is 0 Å². The summed E-state index contributed by atoms with van der Waals surface area (Å²) >= 11 is 0. The second-order valence-electron chi connectivity index (χ2n) is 6.48. The molecule has 1 N–H and O–H groups in total. The molecule has 1 atom stereocenters. The fraction of sp³-hybridized carbons (Fsp3) is 0.688. The maximum Gasteiger partial charge on any atom is 0.433 e. The molecule has 2 aliphatic rings. The van der Waals surface area contributed by atoms with Crippen molar-refractivity contribution in [1.29, 1.82) is 0 Å². The van der Waals surface area contributed by atoms with Crippen molar-refractivity contribution >= 4 is 11.7 Å². The number of carbonyl (C=O) groups is 1. The number of halogens is 3. The van der Waals surface area contributed by atoms with E-state index in [2.05, 4.69) is 15.3 Å². The van der Waals surface area contributed by atoms with Gasteiger partial charge in [0.1, 0.15) is 17.3 Å². The van der Waals surface area contributed by atoms with Gasteiger partial charge in [-0.2, -0.15) is 13.2 Å². The van der Waals surface area contributed by atoms with Crippen LogP contribution in [-0.2, 0) is 15.7 Å². The van der Waals surface area contributed by atoms with Crippen LogP contribution in [-0.4, -0.2) is 48.2 Å². The molecule has 0 spiro atoms. The Labute approximate surface area is 143 Å². The summed E-state index contributed by atoms with van der Waals surface area (Å²) in [5, 5.41) is 3.02. The lowest BCUT2D eigenvalue weighted by Crippen LogP contribution is -2.42. The standard InChI is InChI=1S/C16H21F3N4O2/c1-10-20-13(16(17,18)19)8-14(21-10)23-5-2-11(9-23)15(24)22-12-3-6-25-7-4-12/h8,11-12H,2-7,9H2,1H3,(H,22,24). The molecule has 0 bridgehead atoms. The Morgan fingerprint density at radius 3 is 2.68 bits per heavy atom. The molecule has 0 aliphatic carbocycles. The zero-order chi connectivity index (χ0) is 18.0. The highest BCUT2D eigenvalue weighted by Gasteiger charge is 2.35. The number of rotatable bonds is 3. The molecule has 2 aliphatic heterocycles. The number of hydrogen-bond donors (Lipinski definition) is 1. The van der Waals surface area contributed by atoms with Crippen molar-refractivity contribution in [3.8, 4) is 0 Å². The predicted molar refractivity (Wildman–Crippen MR) is 84.1 cm³/mol. The molecule has 3 heterocycles. The number of anilines is 1. The summed E-state index contributed by atoms with van der Waals surface area (Å²) in [6.45, 7) is 3.58. The molecule has 0 saturated carbocycles. The fourth-order valence-corrected chi connectivity index (χ4v) is 3.20. The smallest absolute Gasteiger partial charge is 0.381 e. The zero-order valence-electron chi connectivity index (χ0n) is 14.0. The SMILES string of the molecule is Cc1nc(N2CCC(C(=O)NC3CCOCC3)C2)cc(C(F)(F)F)n1. The lowest BCUT2D eigenvalue weighted by Gasteiger charge is -2.24. The van der Waals surface area contributed by atoms with Gasteiger partial charge in [-0.3, -0.25) is 4.79 Å². The van der Waals surface area contributed by atoms with Gasteiger partial charge in [0.15, 0.2) is 0 Å². The van der Waals surface area contributed by atoms with Crippen LogP contribution >= 0.6 is 0 Å². The Morgan fingerprint density at radius 1 is 1.28 bits per heavy atom. The summed E-state index contributed by atoms with van der Waals surface area (Å²) in [4.78, 5) is 21.7. The topological polar surface area (TPSA) is 67.4 Å². The number of alkyl halides is 3. The van der Waals surface area contributed by atoms with Crippen molar-refractivity contribution in [1.82, 2.24) is 15.3 Å². The number of aryl methyl sites for hydroxylation is 1. The minimum Gasteiger partial charge on any atom is -0.381 e. The maximum atomic E-state index is 12.9. The molecule has 0 radical (unpaired) electrons. The Bertz CT molecular complexity index is 632. The summed E-state index contributed by atoms with van der Waals surface area (Å²) < 4.78 is 44.0. The molecular weight excluding hydrogens is 337 g/mol. The van der Waals surface area contributed by atoms with Crippen molar-refractivity contribution in [3.05, 3.63) is 17.6 Å². The third kappa shape index (κ3) is 4.39. The van der Waals surface area contributed by atoms with Gasteiger partial charge in [0.25, 0.3) is 0 Å². The molecular formula is C16H21F3N4O2. The van der Waals surface area contributed by atoms with E-state index >= 15 is 0 Å². The largest absolute Gasteiger partial charge is 0.433 e. The predicted octanol–water partition coefficient (Wildman–Crippen LogP) is 1.93. The summed E-state index contributed by atoms with van der Waals surface area (Å²) in [6, 6.07) is 1.07. The molecule has 6 nitrogen and oxygen atoms in total. The number of aromatic nitrogens is 2. The number of carbonyl (C=O) groups excluding carboxylic acids is 1. The normalized spacial score (nSPS) is 22.2. The van der Waals surface area contributed by atoms with Crippen LogP contribution in [0, 0.1) is 12.8 Å². The number of ether oxygens (including phenoxy) is 1. The van der Waals surface area contributed by atoms with E-state index in [-0.39, 0.29) is 29.5 Å². The molecule has 1 aromatic rings. The van der Waals surface area contributed by atoms with Gasteiger partial charge in [0.2, 0.25) is 5.91 Å². The van der Waals surface area contributed by atoms with Gasteiger partial charge >= 0.3 is 6.18 Å². The first kappa shape index (κ1) is 17.9. The molecule has 3 rings (SSSR count). The van der Waals surface area contributed by atoms with E-state index in [0.29, 0.717) is 32.7 Å². The fourth-order valence-electron chi connectivity index (χ4n) is 3.20. The quantitative estimate of drug-likeness (QED) is 0.894. The van der Waals surface area contributed by atoms with Crippen LogP contribution in [0.2, 0.25) is 0 Å². The highest BCUT2D eigenvalue weighted by Crippen LogP contribution is 2.31. The van der Waals surface area contributed by atoms with E-state index in [1.54, 1.807) is 4.90 Å². The minimum absolute atomic E-state index is 0.0452. The summed E-state index contributed by atoms with van der Waals surface area (Å²) in [7, 11) is 0. The summed E-state index contributed by atoms with van der Waals surface area (Å²) in [5.74, 6) is 0.00444. The Morgan fingerprint density at radius 2 is 2.00 bits per heavy atom. The van der Waals surface area contributed by atoms with Gasteiger partial charge in [-0.15, -0.1) is 0 Å². The van der Waals surface area contributed by atoms with Gasteiger partial charge in [-0.1, -0.05) is 0 Å². The second-order valence-corrected chi connectivity index (χ2v) is 6.48.